The zero-order valence-electron chi connectivity index (χ0n) is 22.7. The molecule has 0 radical (unpaired) electrons. The summed E-state index contributed by atoms with van der Waals surface area (Å²) in [6, 6.07) is 20.6. The molecule has 0 bridgehead atoms. The second kappa shape index (κ2) is 11.7. The van der Waals surface area contributed by atoms with Crippen LogP contribution < -0.4 is 19.6 Å². The molecule has 1 atom stereocenters. The summed E-state index contributed by atoms with van der Waals surface area (Å²) >= 11 is 1.26. The largest absolute Gasteiger partial charge is 0.489 e. The topological polar surface area (TPSA) is 113 Å². The highest BCUT2D eigenvalue weighted by atomic mass is 32.1. The van der Waals surface area contributed by atoms with E-state index in [0.29, 0.717) is 26.4 Å². The van der Waals surface area contributed by atoms with Gasteiger partial charge in [0.15, 0.2) is 4.80 Å². The molecular formula is C31H27N3O6S. The lowest BCUT2D eigenvalue weighted by Crippen LogP contribution is -2.39. The zero-order valence-corrected chi connectivity index (χ0v) is 23.5. The SMILES string of the molecule is CCOC(=O)C1=C(C)N=c2sc(=Cc3cccc(OCc4ccc([N+](=O)[O-])cc4)c3)c(=O)n2C1c1ccc(C)cc1. The average molecular weight is 570 g/mol. The maximum absolute atomic E-state index is 13.8. The van der Waals surface area contributed by atoms with Crippen molar-refractivity contribution in [2.45, 2.75) is 33.4 Å². The van der Waals surface area contributed by atoms with Gasteiger partial charge in [-0.3, -0.25) is 19.5 Å². The number of allylic oxidation sites excluding steroid dienone is 1. The number of carbonyl (C=O) groups is 1. The standard InChI is InChI=1S/C31H27N3O6S/c1-4-39-30(36)27-20(3)32-31-33(28(27)23-12-8-19(2)9-13-23)29(35)26(41-31)17-22-6-5-7-25(16-22)40-18-21-10-14-24(15-11-21)34(37)38/h5-17,28H,4,18H2,1-3H3. The van der Waals surface area contributed by atoms with Gasteiger partial charge in [-0.25, -0.2) is 9.79 Å². The Balaban J connectivity index is 1.49. The fraction of sp³-hybridized carbons (Fsp3) is 0.194. The van der Waals surface area contributed by atoms with E-state index in [-0.39, 0.29) is 24.5 Å². The Morgan fingerprint density at radius 3 is 2.51 bits per heavy atom. The first kappa shape index (κ1) is 27.7. The van der Waals surface area contributed by atoms with Gasteiger partial charge in [-0.1, -0.05) is 53.3 Å². The predicted molar refractivity (Wildman–Crippen MR) is 155 cm³/mol. The Hall–Kier alpha value is -4.83. The summed E-state index contributed by atoms with van der Waals surface area (Å²) in [5.74, 6) is 0.0920. The first-order chi connectivity index (χ1) is 19.7. The molecule has 0 fully saturated rings. The number of thiazole rings is 1. The van der Waals surface area contributed by atoms with Crippen LogP contribution in [0.5, 0.6) is 5.75 Å². The smallest absolute Gasteiger partial charge is 0.338 e. The molecule has 9 nitrogen and oxygen atoms in total. The van der Waals surface area contributed by atoms with E-state index < -0.39 is 16.9 Å². The van der Waals surface area contributed by atoms with Crippen molar-refractivity contribution in [3.63, 3.8) is 0 Å². The van der Waals surface area contributed by atoms with Crippen LogP contribution in [0.1, 0.15) is 42.1 Å². The molecule has 0 spiro atoms. The summed E-state index contributed by atoms with van der Waals surface area (Å²) in [5.41, 5.74) is 4.03. The van der Waals surface area contributed by atoms with Crippen LogP contribution in [0.15, 0.2) is 93.9 Å². The molecule has 3 aromatic carbocycles. The summed E-state index contributed by atoms with van der Waals surface area (Å²) in [7, 11) is 0. The Kier molecular flexibility index (Phi) is 7.93. The van der Waals surface area contributed by atoms with E-state index in [4.69, 9.17) is 9.47 Å². The van der Waals surface area contributed by atoms with Gasteiger partial charge >= 0.3 is 5.97 Å². The Morgan fingerprint density at radius 1 is 1.10 bits per heavy atom. The van der Waals surface area contributed by atoms with E-state index in [9.17, 15) is 19.7 Å². The molecule has 1 aliphatic heterocycles. The lowest BCUT2D eigenvalue weighted by Gasteiger charge is -2.24. The van der Waals surface area contributed by atoms with Gasteiger partial charge in [-0.2, -0.15) is 0 Å². The van der Waals surface area contributed by atoms with Crippen LogP contribution in [-0.4, -0.2) is 22.1 Å². The van der Waals surface area contributed by atoms with E-state index >= 15 is 0 Å². The summed E-state index contributed by atoms with van der Waals surface area (Å²) < 4.78 is 13.3. The molecule has 4 aromatic rings. The van der Waals surface area contributed by atoms with Crippen LogP contribution in [0.3, 0.4) is 0 Å². The molecule has 0 aliphatic carbocycles. The quantitative estimate of drug-likeness (QED) is 0.174. The second-order valence-electron chi connectivity index (χ2n) is 9.50. The highest BCUT2D eigenvalue weighted by Crippen LogP contribution is 2.31. The molecule has 0 saturated heterocycles. The molecule has 0 N–H and O–H groups in total. The van der Waals surface area contributed by atoms with Crippen LogP contribution in [0.25, 0.3) is 6.08 Å². The maximum atomic E-state index is 13.8. The first-order valence-corrected chi connectivity index (χ1v) is 13.8. The number of aromatic nitrogens is 1. The molecule has 0 saturated carbocycles. The third kappa shape index (κ3) is 5.87. The van der Waals surface area contributed by atoms with Crippen molar-refractivity contribution in [1.82, 2.24) is 4.57 Å². The maximum Gasteiger partial charge on any atom is 0.338 e. The minimum Gasteiger partial charge on any atom is -0.489 e. The number of aryl methyl sites for hydroxylation is 1. The van der Waals surface area contributed by atoms with Crippen LogP contribution in [0, 0.1) is 17.0 Å². The van der Waals surface area contributed by atoms with Crippen molar-refractivity contribution in [2.24, 2.45) is 4.99 Å². The number of nitro groups is 1. The highest BCUT2D eigenvalue weighted by molar-refractivity contribution is 7.07. The number of hydrogen-bond acceptors (Lipinski definition) is 8. The average Bonchev–Trinajstić information content (AvgIpc) is 3.26. The van der Waals surface area contributed by atoms with Gasteiger partial charge in [-0.05, 0) is 67.8 Å². The number of rotatable bonds is 8. The van der Waals surface area contributed by atoms with E-state index in [1.165, 1.54) is 23.5 Å². The number of nitro benzene ring substituents is 1. The molecule has 1 unspecified atom stereocenters. The van der Waals surface area contributed by atoms with Crippen molar-refractivity contribution in [1.29, 1.82) is 0 Å². The van der Waals surface area contributed by atoms with Crippen LogP contribution >= 0.6 is 11.3 Å². The van der Waals surface area contributed by atoms with Gasteiger partial charge in [0.25, 0.3) is 11.2 Å². The number of esters is 1. The van der Waals surface area contributed by atoms with Crippen molar-refractivity contribution >= 4 is 29.1 Å². The third-order valence-electron chi connectivity index (χ3n) is 6.62. The molecule has 0 amide bonds. The number of fused-ring (bicyclic) bond motifs is 1. The fourth-order valence-electron chi connectivity index (χ4n) is 4.58. The molecule has 1 aromatic heterocycles. The van der Waals surface area contributed by atoms with E-state index in [1.807, 2.05) is 49.4 Å². The Labute approximate surface area is 239 Å². The number of carbonyl (C=O) groups excluding carboxylic acids is 1. The lowest BCUT2D eigenvalue weighted by molar-refractivity contribution is -0.384. The zero-order chi connectivity index (χ0) is 29.1. The fourth-order valence-corrected chi connectivity index (χ4v) is 5.63. The monoisotopic (exact) mass is 569 g/mol. The molecule has 2 heterocycles. The molecule has 5 rings (SSSR count). The molecule has 10 heteroatoms. The molecule has 1 aliphatic rings. The van der Waals surface area contributed by atoms with E-state index in [1.54, 1.807) is 42.7 Å². The van der Waals surface area contributed by atoms with Crippen molar-refractivity contribution in [3.8, 4) is 5.75 Å². The lowest BCUT2D eigenvalue weighted by atomic mass is 9.95. The van der Waals surface area contributed by atoms with Gasteiger partial charge in [0.2, 0.25) is 0 Å². The van der Waals surface area contributed by atoms with Crippen LogP contribution in [-0.2, 0) is 16.1 Å². The van der Waals surface area contributed by atoms with Gasteiger partial charge in [0.05, 0.1) is 33.4 Å². The number of nitrogens with zero attached hydrogens (tertiary/aromatic N) is 3. The molecular weight excluding hydrogens is 542 g/mol. The highest BCUT2D eigenvalue weighted by Gasteiger charge is 2.33. The number of ether oxygens (including phenoxy) is 2. The number of benzene rings is 3. The van der Waals surface area contributed by atoms with Crippen molar-refractivity contribution in [2.75, 3.05) is 6.61 Å². The van der Waals surface area contributed by atoms with Crippen LogP contribution in [0.2, 0.25) is 0 Å². The first-order valence-electron chi connectivity index (χ1n) is 13.0. The normalized spacial score (nSPS) is 14.8. The van der Waals surface area contributed by atoms with Crippen molar-refractivity contribution < 1.29 is 19.2 Å². The van der Waals surface area contributed by atoms with Gasteiger partial charge in [-0.15, -0.1) is 0 Å². The number of hydrogen-bond donors (Lipinski definition) is 0. The Morgan fingerprint density at radius 2 is 1.83 bits per heavy atom. The second-order valence-corrected chi connectivity index (χ2v) is 10.5. The van der Waals surface area contributed by atoms with E-state index in [2.05, 4.69) is 4.99 Å². The van der Waals surface area contributed by atoms with Gasteiger partial charge in [0, 0.05) is 12.1 Å². The van der Waals surface area contributed by atoms with E-state index in [0.717, 1.165) is 22.3 Å². The van der Waals surface area contributed by atoms with Crippen molar-refractivity contribution in [3.05, 3.63) is 136 Å². The van der Waals surface area contributed by atoms with Crippen LogP contribution in [0.4, 0.5) is 5.69 Å². The molecule has 208 valence electrons. The number of non-ortho nitro benzene ring substituents is 1. The molecule has 41 heavy (non-hydrogen) atoms. The van der Waals surface area contributed by atoms with Gasteiger partial charge in [0.1, 0.15) is 12.4 Å². The summed E-state index contributed by atoms with van der Waals surface area (Å²) in [4.78, 5) is 42.4. The summed E-state index contributed by atoms with van der Waals surface area (Å²) in [5, 5.41) is 10.9. The predicted octanol–water partition coefficient (Wildman–Crippen LogP) is 4.59. The summed E-state index contributed by atoms with van der Waals surface area (Å²) in [6.45, 7) is 5.93. The summed E-state index contributed by atoms with van der Waals surface area (Å²) in [6.07, 6.45) is 1.78. The van der Waals surface area contributed by atoms with Gasteiger partial charge < -0.3 is 9.47 Å². The third-order valence-corrected chi connectivity index (χ3v) is 7.60. The Bertz CT molecular complexity index is 1840. The minimum absolute atomic E-state index is 0.0198. The minimum atomic E-state index is -0.663.